The fourth-order valence-corrected chi connectivity index (χ4v) is 6.37. The van der Waals surface area contributed by atoms with E-state index in [1.807, 2.05) is 0 Å². The van der Waals surface area contributed by atoms with Crippen LogP contribution in [0, 0.1) is 0 Å². The van der Waals surface area contributed by atoms with Gasteiger partial charge in [0.15, 0.2) is 0 Å². The van der Waals surface area contributed by atoms with Crippen molar-refractivity contribution in [3.8, 4) is 0 Å². The molecule has 0 amide bonds. The number of hydrogen-bond acceptors (Lipinski definition) is 6. The minimum atomic E-state index is -0.0292. The van der Waals surface area contributed by atoms with Gasteiger partial charge in [-0.1, -0.05) is 155 Å². The fourth-order valence-electron chi connectivity index (χ4n) is 6.37. The smallest absolute Gasteiger partial charge is 0.306 e. The molecule has 0 radical (unpaired) electrons. The number of ether oxygens (including phenoxy) is 2. The van der Waals surface area contributed by atoms with Crippen LogP contribution in [0.1, 0.15) is 213 Å². The molecule has 49 heavy (non-hydrogen) atoms. The topological polar surface area (TPSA) is 76.1 Å². The first kappa shape index (κ1) is 47.6. The molecule has 0 aliphatic rings. The number of allylic oxidation sites excluding steroid dienone is 1. The molecule has 0 bridgehead atoms. The maximum absolute atomic E-state index is 12.5. The predicted octanol–water partition coefficient (Wildman–Crippen LogP) is 12.1. The van der Waals surface area contributed by atoms with Crippen molar-refractivity contribution in [2.24, 2.45) is 0 Å². The van der Waals surface area contributed by atoms with E-state index in [2.05, 4.69) is 37.8 Å². The Morgan fingerprint density at radius 2 is 1.04 bits per heavy atom. The number of aliphatic hydroxyl groups is 1. The van der Waals surface area contributed by atoms with Crippen LogP contribution in [0.15, 0.2) is 12.2 Å². The molecule has 0 saturated heterocycles. The monoisotopic (exact) mass is 694 g/mol. The van der Waals surface area contributed by atoms with Gasteiger partial charge in [-0.3, -0.25) is 9.59 Å². The Labute approximate surface area is 304 Å². The van der Waals surface area contributed by atoms with Crippen LogP contribution < -0.4 is 0 Å². The SMILES string of the molecule is CCCC/C=C/CC(CCCCCC)OC(=O)CCCCCCCCCN(CCO)CCCCCCCC(=O)OCCCCCCCCC. The molecule has 0 spiro atoms. The summed E-state index contributed by atoms with van der Waals surface area (Å²) in [6.07, 6.45) is 38.2. The second-order valence-electron chi connectivity index (χ2n) is 14.5. The summed E-state index contributed by atoms with van der Waals surface area (Å²) >= 11 is 0. The number of nitrogens with zero attached hydrogens (tertiary/aromatic N) is 1. The molecule has 0 rings (SSSR count). The standard InChI is InChI=1S/C43H83NO5/c1-4-7-10-13-17-24-31-40-48-42(46)34-27-21-18-23-30-37-44(38-39-45)36-29-22-16-14-15-20-28-35-43(47)49-41(32-25-12-9-6-3)33-26-19-11-8-5-2/h19,26,41,45H,4-18,20-25,27-40H2,1-3H3/b26-19+. The summed E-state index contributed by atoms with van der Waals surface area (Å²) in [4.78, 5) is 26.9. The first-order valence-corrected chi connectivity index (χ1v) is 21.4. The van der Waals surface area contributed by atoms with Crippen LogP contribution in [-0.4, -0.2) is 60.9 Å². The van der Waals surface area contributed by atoms with E-state index in [9.17, 15) is 14.7 Å². The lowest BCUT2D eigenvalue weighted by Gasteiger charge is -2.21. The number of carbonyl (C=O) groups is 2. The molecule has 0 fully saturated rings. The molecule has 0 aromatic carbocycles. The molecule has 0 saturated carbocycles. The number of hydrogen-bond donors (Lipinski definition) is 1. The summed E-state index contributed by atoms with van der Waals surface area (Å²) in [6.45, 7) is 10.4. The highest BCUT2D eigenvalue weighted by atomic mass is 16.5. The molecule has 1 N–H and O–H groups in total. The molecule has 1 atom stereocenters. The summed E-state index contributed by atoms with van der Waals surface area (Å²) in [5.41, 5.74) is 0. The molecular weight excluding hydrogens is 610 g/mol. The molecule has 0 aromatic rings. The van der Waals surface area contributed by atoms with Gasteiger partial charge in [-0.25, -0.2) is 0 Å². The van der Waals surface area contributed by atoms with Crippen LogP contribution >= 0.6 is 0 Å². The van der Waals surface area contributed by atoms with E-state index in [0.29, 0.717) is 19.4 Å². The van der Waals surface area contributed by atoms with Gasteiger partial charge in [-0.05, 0) is 64.5 Å². The Morgan fingerprint density at radius 1 is 0.551 bits per heavy atom. The molecule has 290 valence electrons. The van der Waals surface area contributed by atoms with Crippen LogP contribution in [0.25, 0.3) is 0 Å². The Balaban J connectivity index is 3.82. The number of unbranched alkanes of at least 4 members (excludes halogenated alkanes) is 21. The van der Waals surface area contributed by atoms with Gasteiger partial charge in [0.25, 0.3) is 0 Å². The highest BCUT2D eigenvalue weighted by Gasteiger charge is 2.13. The number of rotatable bonds is 39. The van der Waals surface area contributed by atoms with E-state index >= 15 is 0 Å². The Morgan fingerprint density at radius 3 is 1.61 bits per heavy atom. The molecule has 6 nitrogen and oxygen atoms in total. The van der Waals surface area contributed by atoms with E-state index in [1.54, 1.807) is 0 Å². The lowest BCUT2D eigenvalue weighted by molar-refractivity contribution is -0.149. The molecule has 6 heteroatoms. The molecule has 1 unspecified atom stereocenters. The summed E-state index contributed by atoms with van der Waals surface area (Å²) in [5, 5.41) is 9.51. The van der Waals surface area contributed by atoms with Gasteiger partial charge in [-0.15, -0.1) is 0 Å². The van der Waals surface area contributed by atoms with Crippen LogP contribution in [0.2, 0.25) is 0 Å². The highest BCUT2D eigenvalue weighted by molar-refractivity contribution is 5.69. The van der Waals surface area contributed by atoms with Crippen LogP contribution in [0.5, 0.6) is 0 Å². The van der Waals surface area contributed by atoms with Crippen molar-refractivity contribution in [1.29, 1.82) is 0 Å². The third-order valence-electron chi connectivity index (χ3n) is 9.61. The molecule has 0 heterocycles. The number of esters is 2. The Bertz CT molecular complexity index is 727. The van der Waals surface area contributed by atoms with Gasteiger partial charge < -0.3 is 19.5 Å². The summed E-state index contributed by atoms with van der Waals surface area (Å²) in [6, 6.07) is 0. The Kier molecular flexibility index (Phi) is 38.3. The fraction of sp³-hybridized carbons (Fsp3) is 0.907. The van der Waals surface area contributed by atoms with Gasteiger partial charge in [-0.2, -0.15) is 0 Å². The Hall–Kier alpha value is -1.40. The molecule has 0 aliphatic carbocycles. The minimum absolute atomic E-state index is 0.0135. The maximum Gasteiger partial charge on any atom is 0.306 e. The third-order valence-corrected chi connectivity index (χ3v) is 9.61. The zero-order valence-corrected chi connectivity index (χ0v) is 33.0. The van der Waals surface area contributed by atoms with Crippen molar-refractivity contribution in [2.45, 2.75) is 219 Å². The first-order valence-electron chi connectivity index (χ1n) is 21.4. The average molecular weight is 694 g/mol. The summed E-state index contributed by atoms with van der Waals surface area (Å²) in [7, 11) is 0. The molecular formula is C43H83NO5. The zero-order chi connectivity index (χ0) is 35.9. The lowest BCUT2D eigenvalue weighted by atomic mass is 10.1. The van der Waals surface area contributed by atoms with E-state index in [4.69, 9.17) is 9.47 Å². The van der Waals surface area contributed by atoms with Crippen molar-refractivity contribution in [1.82, 2.24) is 4.90 Å². The van der Waals surface area contributed by atoms with E-state index in [0.717, 1.165) is 90.3 Å². The van der Waals surface area contributed by atoms with Gasteiger partial charge in [0.05, 0.1) is 13.2 Å². The molecule has 0 aromatic heterocycles. The predicted molar refractivity (Wildman–Crippen MR) is 209 cm³/mol. The summed E-state index contributed by atoms with van der Waals surface area (Å²) in [5.74, 6) is -0.0427. The van der Waals surface area contributed by atoms with Crippen molar-refractivity contribution in [3.05, 3.63) is 12.2 Å². The largest absolute Gasteiger partial charge is 0.466 e. The number of aliphatic hydroxyl groups excluding tert-OH is 1. The van der Waals surface area contributed by atoms with Crippen molar-refractivity contribution in [3.63, 3.8) is 0 Å². The zero-order valence-electron chi connectivity index (χ0n) is 33.0. The van der Waals surface area contributed by atoms with Crippen LogP contribution in [-0.2, 0) is 19.1 Å². The van der Waals surface area contributed by atoms with Crippen molar-refractivity contribution >= 4 is 11.9 Å². The van der Waals surface area contributed by atoms with Gasteiger partial charge in [0.1, 0.15) is 6.10 Å². The lowest BCUT2D eigenvalue weighted by Crippen LogP contribution is -2.29. The quantitative estimate of drug-likeness (QED) is 0.0392. The van der Waals surface area contributed by atoms with Crippen molar-refractivity contribution < 1.29 is 24.2 Å². The van der Waals surface area contributed by atoms with Crippen LogP contribution in [0.4, 0.5) is 0 Å². The van der Waals surface area contributed by atoms with Gasteiger partial charge in [0, 0.05) is 25.8 Å². The van der Waals surface area contributed by atoms with Gasteiger partial charge in [0.2, 0.25) is 0 Å². The van der Waals surface area contributed by atoms with E-state index < -0.39 is 0 Å². The van der Waals surface area contributed by atoms with E-state index in [1.165, 1.54) is 109 Å². The number of carbonyl (C=O) groups excluding carboxylic acids is 2. The second-order valence-corrected chi connectivity index (χ2v) is 14.5. The normalized spacial score (nSPS) is 12.3. The second kappa shape index (κ2) is 39.4. The average Bonchev–Trinajstić information content (AvgIpc) is 3.09. The summed E-state index contributed by atoms with van der Waals surface area (Å²) < 4.78 is 11.3. The maximum atomic E-state index is 12.5. The van der Waals surface area contributed by atoms with E-state index in [-0.39, 0.29) is 24.6 Å². The first-order chi connectivity index (χ1) is 24.1. The third kappa shape index (κ3) is 36.2. The molecule has 0 aliphatic heterocycles. The highest BCUT2D eigenvalue weighted by Crippen LogP contribution is 2.16. The van der Waals surface area contributed by atoms with Gasteiger partial charge >= 0.3 is 11.9 Å². The minimum Gasteiger partial charge on any atom is -0.466 e. The van der Waals surface area contributed by atoms with Crippen LogP contribution in [0.3, 0.4) is 0 Å². The van der Waals surface area contributed by atoms with Crippen molar-refractivity contribution in [2.75, 3.05) is 32.8 Å².